The van der Waals surface area contributed by atoms with Crippen molar-refractivity contribution in [1.82, 2.24) is 9.47 Å². The molecule has 0 atom stereocenters. The highest BCUT2D eigenvalue weighted by Gasteiger charge is 2.33. The van der Waals surface area contributed by atoms with Gasteiger partial charge in [0.15, 0.2) is 0 Å². The minimum absolute atomic E-state index is 0.0767. The van der Waals surface area contributed by atoms with Crippen LogP contribution in [0.3, 0.4) is 0 Å². The Bertz CT molecular complexity index is 881. The predicted molar refractivity (Wildman–Crippen MR) is 89.6 cm³/mol. The molecule has 2 aromatic rings. The molecule has 5 heteroatoms. The number of alkyl halides is 1. The SMILES string of the molecule is Cc1ccn(-c2cccc3c2CCC3)c(=O)c1C(=O)N1CC(F)C1. The predicted octanol–water partition coefficient (Wildman–Crippen LogP) is 2.43. The smallest absolute Gasteiger partial charge is 0.268 e. The molecule has 4 nitrogen and oxygen atoms in total. The van der Waals surface area contributed by atoms with Gasteiger partial charge >= 0.3 is 0 Å². The highest BCUT2D eigenvalue weighted by molar-refractivity contribution is 5.96. The van der Waals surface area contributed by atoms with Crippen LogP contribution in [0.5, 0.6) is 0 Å². The lowest BCUT2D eigenvalue weighted by atomic mass is 10.1. The first-order valence-corrected chi connectivity index (χ1v) is 8.33. The summed E-state index contributed by atoms with van der Waals surface area (Å²) in [5, 5.41) is 0. The number of carbonyl (C=O) groups is 1. The third-order valence-corrected chi connectivity index (χ3v) is 5.02. The number of hydrogen-bond donors (Lipinski definition) is 0. The molecule has 1 amide bonds. The first-order chi connectivity index (χ1) is 11.6. The summed E-state index contributed by atoms with van der Waals surface area (Å²) in [7, 11) is 0. The van der Waals surface area contributed by atoms with E-state index in [1.165, 1.54) is 16.0 Å². The Morgan fingerprint density at radius 3 is 2.75 bits per heavy atom. The maximum Gasteiger partial charge on any atom is 0.268 e. The number of carbonyl (C=O) groups excluding carboxylic acids is 1. The van der Waals surface area contributed by atoms with Gasteiger partial charge in [-0.05, 0) is 55.0 Å². The second-order valence-corrected chi connectivity index (χ2v) is 6.62. The molecule has 0 bridgehead atoms. The summed E-state index contributed by atoms with van der Waals surface area (Å²) in [5.74, 6) is -0.367. The molecular formula is C19H19FN2O2. The van der Waals surface area contributed by atoms with Gasteiger partial charge in [0.1, 0.15) is 11.7 Å². The molecule has 1 saturated heterocycles. The van der Waals surface area contributed by atoms with Gasteiger partial charge in [-0.25, -0.2) is 4.39 Å². The van der Waals surface area contributed by atoms with E-state index in [1.807, 2.05) is 12.1 Å². The standard InChI is InChI=1S/C19H19FN2O2/c1-12-8-9-22(16-7-3-5-13-4-2-6-15(13)16)19(24)17(12)18(23)21-10-14(20)11-21/h3,5,7-9,14H,2,4,6,10-11H2,1H3. The topological polar surface area (TPSA) is 42.3 Å². The first kappa shape index (κ1) is 15.1. The van der Waals surface area contributed by atoms with Gasteiger partial charge in [-0.15, -0.1) is 0 Å². The van der Waals surface area contributed by atoms with E-state index in [2.05, 4.69) is 6.07 Å². The molecule has 1 aromatic heterocycles. The number of amides is 1. The van der Waals surface area contributed by atoms with Crippen LogP contribution in [0.25, 0.3) is 5.69 Å². The fourth-order valence-electron chi connectivity index (χ4n) is 3.65. The van der Waals surface area contributed by atoms with Crippen molar-refractivity contribution in [2.24, 2.45) is 0 Å². The summed E-state index contributed by atoms with van der Waals surface area (Å²) < 4.78 is 14.6. The fraction of sp³-hybridized carbons (Fsp3) is 0.368. The molecule has 2 heterocycles. The summed E-state index contributed by atoms with van der Waals surface area (Å²) in [5.41, 5.74) is 3.79. The Kier molecular flexibility index (Phi) is 3.52. The number of pyridine rings is 1. The summed E-state index contributed by atoms with van der Waals surface area (Å²) in [6.07, 6.45) is 3.82. The molecule has 0 saturated carbocycles. The van der Waals surface area contributed by atoms with Crippen LogP contribution in [-0.2, 0) is 12.8 Å². The fourth-order valence-corrected chi connectivity index (χ4v) is 3.65. The maximum atomic E-state index is 13.1. The number of benzene rings is 1. The van der Waals surface area contributed by atoms with Gasteiger partial charge in [0.25, 0.3) is 11.5 Å². The second-order valence-electron chi connectivity index (χ2n) is 6.62. The number of halogens is 1. The quantitative estimate of drug-likeness (QED) is 0.851. The second kappa shape index (κ2) is 5.58. The van der Waals surface area contributed by atoms with Crippen LogP contribution < -0.4 is 5.56 Å². The third-order valence-electron chi connectivity index (χ3n) is 5.02. The molecule has 0 spiro atoms. The van der Waals surface area contributed by atoms with E-state index in [4.69, 9.17) is 0 Å². The minimum Gasteiger partial charge on any atom is -0.332 e. The van der Waals surface area contributed by atoms with Gasteiger partial charge in [-0.1, -0.05) is 12.1 Å². The van der Waals surface area contributed by atoms with Crippen LogP contribution in [-0.4, -0.2) is 34.6 Å². The Labute approximate surface area is 139 Å². The van der Waals surface area contributed by atoms with Gasteiger partial charge in [0.05, 0.1) is 18.8 Å². The lowest BCUT2D eigenvalue weighted by Crippen LogP contribution is -2.52. The largest absolute Gasteiger partial charge is 0.332 e. The van der Waals surface area contributed by atoms with Crippen molar-refractivity contribution in [1.29, 1.82) is 0 Å². The molecule has 0 N–H and O–H groups in total. The number of rotatable bonds is 2. The van der Waals surface area contributed by atoms with Crippen LogP contribution in [0.1, 0.15) is 33.5 Å². The molecule has 0 radical (unpaired) electrons. The van der Waals surface area contributed by atoms with Crippen LogP contribution in [0.2, 0.25) is 0 Å². The number of aryl methyl sites for hydroxylation is 2. The van der Waals surface area contributed by atoms with Gasteiger partial charge in [-0.2, -0.15) is 0 Å². The van der Waals surface area contributed by atoms with Crippen molar-refractivity contribution < 1.29 is 9.18 Å². The number of hydrogen-bond acceptors (Lipinski definition) is 2. The number of likely N-dealkylation sites (tertiary alicyclic amines) is 1. The summed E-state index contributed by atoms with van der Waals surface area (Å²) >= 11 is 0. The normalized spacial score (nSPS) is 16.8. The Balaban J connectivity index is 1.82. The molecule has 24 heavy (non-hydrogen) atoms. The highest BCUT2D eigenvalue weighted by Crippen LogP contribution is 2.27. The average molecular weight is 326 g/mol. The van der Waals surface area contributed by atoms with Gasteiger partial charge in [0, 0.05) is 6.20 Å². The lowest BCUT2D eigenvalue weighted by molar-refractivity contribution is 0.0397. The van der Waals surface area contributed by atoms with Crippen molar-refractivity contribution in [3.63, 3.8) is 0 Å². The van der Waals surface area contributed by atoms with E-state index in [0.717, 1.165) is 24.9 Å². The van der Waals surface area contributed by atoms with Crippen molar-refractivity contribution in [3.8, 4) is 5.69 Å². The molecule has 124 valence electrons. The third kappa shape index (κ3) is 2.27. The molecule has 1 aromatic carbocycles. The molecule has 4 rings (SSSR count). The molecule has 0 unspecified atom stereocenters. The Morgan fingerprint density at radius 2 is 2.00 bits per heavy atom. The van der Waals surface area contributed by atoms with Crippen LogP contribution in [0.15, 0.2) is 35.3 Å². The zero-order chi connectivity index (χ0) is 16.8. The summed E-state index contributed by atoms with van der Waals surface area (Å²) in [6, 6.07) is 7.76. The van der Waals surface area contributed by atoms with E-state index in [-0.39, 0.29) is 30.1 Å². The molecule has 1 aliphatic heterocycles. The van der Waals surface area contributed by atoms with E-state index in [9.17, 15) is 14.0 Å². The first-order valence-electron chi connectivity index (χ1n) is 8.33. The zero-order valence-electron chi connectivity index (χ0n) is 13.6. The van der Waals surface area contributed by atoms with Crippen molar-refractivity contribution in [2.75, 3.05) is 13.1 Å². The van der Waals surface area contributed by atoms with E-state index >= 15 is 0 Å². The molecule has 1 aliphatic carbocycles. The maximum absolute atomic E-state index is 13.1. The molecule has 2 aliphatic rings. The van der Waals surface area contributed by atoms with Crippen LogP contribution in [0, 0.1) is 6.92 Å². The average Bonchev–Trinajstić information content (AvgIpc) is 3.00. The van der Waals surface area contributed by atoms with Gasteiger partial charge in [-0.3, -0.25) is 14.2 Å². The van der Waals surface area contributed by atoms with Crippen LogP contribution in [0.4, 0.5) is 4.39 Å². The Hall–Kier alpha value is -2.43. The van der Waals surface area contributed by atoms with E-state index < -0.39 is 6.17 Å². The van der Waals surface area contributed by atoms with E-state index in [0.29, 0.717) is 5.56 Å². The van der Waals surface area contributed by atoms with Gasteiger partial charge < -0.3 is 4.90 Å². The molecule has 1 fully saturated rings. The zero-order valence-corrected chi connectivity index (χ0v) is 13.6. The monoisotopic (exact) mass is 326 g/mol. The van der Waals surface area contributed by atoms with Crippen molar-refractivity contribution >= 4 is 5.91 Å². The number of aromatic nitrogens is 1. The van der Waals surface area contributed by atoms with Crippen LogP contribution >= 0.6 is 0 Å². The van der Waals surface area contributed by atoms with Gasteiger partial charge in [0.2, 0.25) is 0 Å². The highest BCUT2D eigenvalue weighted by atomic mass is 19.1. The van der Waals surface area contributed by atoms with E-state index in [1.54, 1.807) is 23.8 Å². The Morgan fingerprint density at radius 1 is 1.21 bits per heavy atom. The summed E-state index contributed by atoms with van der Waals surface area (Å²) in [4.78, 5) is 27.0. The minimum atomic E-state index is -0.974. The lowest BCUT2D eigenvalue weighted by Gasteiger charge is -2.34. The summed E-state index contributed by atoms with van der Waals surface area (Å²) in [6.45, 7) is 1.90. The number of nitrogens with zero attached hydrogens (tertiary/aromatic N) is 2. The van der Waals surface area contributed by atoms with Crippen molar-refractivity contribution in [2.45, 2.75) is 32.4 Å². The number of fused-ring (bicyclic) bond motifs is 1. The molecular weight excluding hydrogens is 307 g/mol. The van der Waals surface area contributed by atoms with Crippen molar-refractivity contribution in [3.05, 3.63) is 63.1 Å².